The van der Waals surface area contributed by atoms with E-state index in [-0.39, 0.29) is 45.8 Å². The molecule has 0 fully saturated rings. The van der Waals surface area contributed by atoms with Gasteiger partial charge in [0.05, 0.1) is 11.4 Å². The van der Waals surface area contributed by atoms with E-state index in [2.05, 4.69) is 15.2 Å². The summed E-state index contributed by atoms with van der Waals surface area (Å²) < 4.78 is 39.1. The predicted octanol–water partition coefficient (Wildman–Crippen LogP) is 4.68. The van der Waals surface area contributed by atoms with Gasteiger partial charge < -0.3 is 10.5 Å². The van der Waals surface area contributed by atoms with Crippen LogP contribution in [0.2, 0.25) is 0 Å². The third-order valence-electron chi connectivity index (χ3n) is 4.55. The molecule has 8 nitrogen and oxygen atoms in total. The Bertz CT molecular complexity index is 1380. The molecule has 1 radical (unpaired) electrons. The van der Waals surface area contributed by atoms with Gasteiger partial charge >= 0.3 is 0 Å². The summed E-state index contributed by atoms with van der Waals surface area (Å²) in [7, 11) is -4.47. The van der Waals surface area contributed by atoms with Crippen molar-refractivity contribution in [2.45, 2.75) is 11.5 Å². The Morgan fingerprint density at radius 3 is 2.38 bits per heavy atom. The van der Waals surface area contributed by atoms with Crippen molar-refractivity contribution in [2.24, 2.45) is 10.2 Å². The largest absolute Gasteiger partial charge is 0.489 e. The topological polar surface area (TPSA) is 127 Å². The summed E-state index contributed by atoms with van der Waals surface area (Å²) in [5.74, 6) is 0.596. The Labute approximate surface area is 207 Å². The number of hydrogen-bond acceptors (Lipinski definition) is 7. The number of fused-ring (bicyclic) bond motifs is 1. The number of nitrogens with zero attached hydrogens (tertiary/aromatic N) is 3. The Kier molecular flexibility index (Phi) is 7.60. The molecule has 157 valence electrons. The molecular weight excluding hydrogens is 439 g/mol. The van der Waals surface area contributed by atoms with Crippen molar-refractivity contribution in [1.29, 1.82) is 0 Å². The van der Waals surface area contributed by atoms with Gasteiger partial charge in [0.1, 0.15) is 22.9 Å². The van der Waals surface area contributed by atoms with Crippen LogP contribution in [-0.4, -0.2) is 47.5 Å². The van der Waals surface area contributed by atoms with Crippen LogP contribution in [0.15, 0.2) is 94.2 Å². The Hall–Kier alpha value is -2.82. The number of azo groups is 1. The molecular formula is C22H18N4NaO4S. The van der Waals surface area contributed by atoms with Gasteiger partial charge in [-0.1, -0.05) is 30.3 Å². The van der Waals surface area contributed by atoms with Crippen LogP contribution in [-0.2, 0) is 16.7 Å². The molecule has 0 aliphatic carbocycles. The zero-order valence-electron chi connectivity index (χ0n) is 17.2. The average molecular weight is 457 g/mol. The molecule has 0 aliphatic heterocycles. The molecule has 4 rings (SSSR count). The van der Waals surface area contributed by atoms with E-state index in [0.29, 0.717) is 28.8 Å². The molecule has 0 saturated heterocycles. The fourth-order valence-corrected chi connectivity index (χ4v) is 3.76. The maximum Gasteiger partial charge on any atom is 0.295 e. The van der Waals surface area contributed by atoms with Crippen molar-refractivity contribution in [3.63, 3.8) is 0 Å². The molecule has 1 heterocycles. The van der Waals surface area contributed by atoms with Crippen LogP contribution in [0.5, 0.6) is 5.75 Å². The van der Waals surface area contributed by atoms with Crippen molar-refractivity contribution < 1.29 is 17.7 Å². The monoisotopic (exact) mass is 457 g/mol. The molecule has 0 spiro atoms. The van der Waals surface area contributed by atoms with Crippen molar-refractivity contribution in [3.05, 3.63) is 84.7 Å². The van der Waals surface area contributed by atoms with Gasteiger partial charge in [-0.15, -0.1) is 5.11 Å². The quantitative estimate of drug-likeness (QED) is 0.187. The molecule has 0 atom stereocenters. The molecule has 4 aromatic rings. The molecule has 0 bridgehead atoms. The van der Waals surface area contributed by atoms with Crippen LogP contribution >= 0.6 is 0 Å². The molecule has 3 aromatic carbocycles. The first-order valence-electron chi connectivity index (χ1n) is 9.24. The second-order valence-electron chi connectivity index (χ2n) is 6.67. The molecule has 0 amide bonds. The molecule has 0 saturated carbocycles. The smallest absolute Gasteiger partial charge is 0.295 e. The van der Waals surface area contributed by atoms with Crippen molar-refractivity contribution in [2.75, 3.05) is 5.73 Å². The van der Waals surface area contributed by atoms with E-state index in [1.807, 2.05) is 12.1 Å². The van der Waals surface area contributed by atoms with E-state index in [1.54, 1.807) is 60.9 Å². The summed E-state index contributed by atoms with van der Waals surface area (Å²) in [6, 6.07) is 18.5. The first-order chi connectivity index (χ1) is 14.9. The first kappa shape index (κ1) is 23.8. The normalized spacial score (nSPS) is 11.4. The summed E-state index contributed by atoms with van der Waals surface area (Å²) in [6.45, 7) is 0.373. The number of anilines is 1. The maximum atomic E-state index is 11.8. The third kappa shape index (κ3) is 5.50. The number of benzene rings is 3. The first-order valence-corrected chi connectivity index (χ1v) is 10.7. The fourth-order valence-electron chi connectivity index (χ4n) is 3.04. The van der Waals surface area contributed by atoms with E-state index in [0.717, 1.165) is 5.56 Å². The van der Waals surface area contributed by atoms with E-state index in [1.165, 1.54) is 6.07 Å². The Morgan fingerprint density at radius 1 is 0.938 bits per heavy atom. The SMILES string of the molecule is Nc1c(N=Nc2cccc(OCc3ccncc3)c2)cc(S(=O)(=O)O)c2ccccc12.[Na]. The molecule has 0 unspecified atom stereocenters. The number of rotatable bonds is 6. The maximum absolute atomic E-state index is 11.8. The number of ether oxygens (including phenoxy) is 1. The summed E-state index contributed by atoms with van der Waals surface area (Å²) >= 11 is 0. The van der Waals surface area contributed by atoms with Gasteiger partial charge in [0.25, 0.3) is 10.1 Å². The molecule has 0 aliphatic rings. The van der Waals surface area contributed by atoms with Crippen LogP contribution in [0.1, 0.15) is 5.56 Å². The minimum Gasteiger partial charge on any atom is -0.489 e. The van der Waals surface area contributed by atoms with E-state index in [9.17, 15) is 13.0 Å². The van der Waals surface area contributed by atoms with Gasteiger partial charge in [-0.05, 0) is 35.9 Å². The second-order valence-corrected chi connectivity index (χ2v) is 8.06. The molecule has 32 heavy (non-hydrogen) atoms. The van der Waals surface area contributed by atoms with Crippen LogP contribution in [0.3, 0.4) is 0 Å². The van der Waals surface area contributed by atoms with Gasteiger partial charge in [-0.3, -0.25) is 9.54 Å². The number of nitrogens with two attached hydrogens (primary N) is 1. The van der Waals surface area contributed by atoms with Crippen LogP contribution in [0.4, 0.5) is 17.1 Å². The van der Waals surface area contributed by atoms with Gasteiger partial charge in [-0.25, -0.2) is 0 Å². The summed E-state index contributed by atoms with van der Waals surface area (Å²) in [6.07, 6.45) is 3.39. The molecule has 1 aromatic heterocycles. The van der Waals surface area contributed by atoms with Gasteiger partial charge in [0.2, 0.25) is 0 Å². The standard InChI is InChI=1S/C22H18N4O4S.Na/c23-22-19-7-2-1-6-18(19)21(31(27,28)29)13-20(22)26-25-16-4-3-5-17(12-16)30-14-15-8-10-24-11-9-15;/h1-13H,14,23H2,(H,27,28,29);. The number of hydrogen-bond donors (Lipinski definition) is 2. The molecule has 3 N–H and O–H groups in total. The number of pyridine rings is 1. The van der Waals surface area contributed by atoms with Gasteiger partial charge in [-0.2, -0.15) is 13.5 Å². The zero-order valence-corrected chi connectivity index (χ0v) is 20.0. The minimum atomic E-state index is -4.47. The van der Waals surface area contributed by atoms with Gasteiger partial charge in [0, 0.05) is 58.8 Å². The van der Waals surface area contributed by atoms with E-state index >= 15 is 0 Å². The third-order valence-corrected chi connectivity index (χ3v) is 5.44. The number of nitrogen functional groups attached to an aromatic ring is 1. The van der Waals surface area contributed by atoms with Crippen molar-refractivity contribution in [1.82, 2.24) is 4.98 Å². The zero-order chi connectivity index (χ0) is 21.8. The van der Waals surface area contributed by atoms with Crippen molar-refractivity contribution >= 4 is 67.5 Å². The van der Waals surface area contributed by atoms with Crippen LogP contribution < -0.4 is 10.5 Å². The summed E-state index contributed by atoms with van der Waals surface area (Å²) in [4.78, 5) is 3.69. The van der Waals surface area contributed by atoms with Crippen molar-refractivity contribution in [3.8, 4) is 5.75 Å². The van der Waals surface area contributed by atoms with E-state index in [4.69, 9.17) is 10.5 Å². The van der Waals surface area contributed by atoms with Crippen LogP contribution in [0.25, 0.3) is 10.8 Å². The van der Waals surface area contributed by atoms with E-state index < -0.39 is 10.1 Å². The number of aromatic nitrogens is 1. The Balaban J connectivity index is 0.00000289. The summed E-state index contributed by atoms with van der Waals surface area (Å²) in [5.41, 5.74) is 8.04. The second kappa shape index (κ2) is 10.2. The fraction of sp³-hybridized carbons (Fsp3) is 0.0455. The average Bonchev–Trinajstić information content (AvgIpc) is 2.77. The minimum absolute atomic E-state index is 0. The molecule has 10 heteroatoms. The predicted molar refractivity (Wildman–Crippen MR) is 123 cm³/mol. The van der Waals surface area contributed by atoms with Gasteiger partial charge in [0.15, 0.2) is 0 Å². The van der Waals surface area contributed by atoms with Crippen LogP contribution in [0, 0.1) is 0 Å². The Morgan fingerprint density at radius 2 is 1.66 bits per heavy atom. The summed E-state index contributed by atoms with van der Waals surface area (Å²) in [5, 5.41) is 9.05.